The topological polar surface area (TPSA) is 116 Å². The number of hydrogen-bond acceptors (Lipinski definition) is 8. The van der Waals surface area contributed by atoms with Crippen LogP contribution in [0.2, 0.25) is 0 Å². The van der Waals surface area contributed by atoms with Gasteiger partial charge in [-0.3, -0.25) is 9.10 Å². The molecule has 0 unspecified atom stereocenters. The second kappa shape index (κ2) is 12.3. The van der Waals surface area contributed by atoms with Crippen molar-refractivity contribution < 1.29 is 32.2 Å². The Morgan fingerprint density at radius 3 is 2.08 bits per heavy atom. The number of sulfonamides is 1. The predicted molar refractivity (Wildman–Crippen MR) is 145 cm³/mol. The van der Waals surface area contributed by atoms with E-state index in [4.69, 9.17) is 18.9 Å². The van der Waals surface area contributed by atoms with Crippen LogP contribution < -0.4 is 28.7 Å². The zero-order chi connectivity index (χ0) is 27.9. The Balaban J connectivity index is 2.03. The van der Waals surface area contributed by atoms with Crippen molar-refractivity contribution in [3.63, 3.8) is 0 Å². The molecule has 3 aromatic rings. The summed E-state index contributed by atoms with van der Waals surface area (Å²) in [5.74, 6) is 0.513. The molecule has 0 aliphatic rings. The van der Waals surface area contributed by atoms with Gasteiger partial charge in [-0.25, -0.2) is 13.8 Å². The second-order valence-electron chi connectivity index (χ2n) is 8.16. The van der Waals surface area contributed by atoms with Gasteiger partial charge in [0.05, 0.1) is 44.7 Å². The van der Waals surface area contributed by atoms with E-state index in [-0.39, 0.29) is 22.1 Å². The highest BCUT2D eigenvalue weighted by molar-refractivity contribution is 7.92. The van der Waals surface area contributed by atoms with Gasteiger partial charge in [0, 0.05) is 12.1 Å². The van der Waals surface area contributed by atoms with Gasteiger partial charge in [-0.1, -0.05) is 29.8 Å². The fourth-order valence-electron chi connectivity index (χ4n) is 3.57. The zero-order valence-electron chi connectivity index (χ0n) is 22.1. The van der Waals surface area contributed by atoms with E-state index in [1.807, 2.05) is 31.2 Å². The number of nitrogens with one attached hydrogen (secondary N) is 1. The number of carbonyl (C=O) groups is 1. The summed E-state index contributed by atoms with van der Waals surface area (Å²) in [6.07, 6.45) is 0. The standard InChI is InChI=1S/C27H31N3O7S/c1-18-7-9-20(10-8-18)19(2)28-29-27(31)17-30(23-15-21(34-3)11-13-24(23)35-4)38(32,33)22-12-14-25(36-5)26(16-22)37-6/h7-16H,17H2,1-6H3,(H,29,31)/b28-19-. The van der Waals surface area contributed by atoms with Gasteiger partial charge in [-0.05, 0) is 43.7 Å². The monoisotopic (exact) mass is 541 g/mol. The molecule has 1 N–H and O–H groups in total. The maximum absolute atomic E-state index is 13.9. The van der Waals surface area contributed by atoms with Gasteiger partial charge in [0.1, 0.15) is 18.0 Å². The zero-order valence-corrected chi connectivity index (χ0v) is 23.0. The number of aryl methyl sites for hydroxylation is 1. The van der Waals surface area contributed by atoms with Crippen LogP contribution in [-0.2, 0) is 14.8 Å². The van der Waals surface area contributed by atoms with Crippen LogP contribution in [0.4, 0.5) is 5.69 Å². The first-order chi connectivity index (χ1) is 18.1. The third-order valence-electron chi connectivity index (χ3n) is 5.70. The number of amides is 1. The molecule has 0 radical (unpaired) electrons. The van der Waals surface area contributed by atoms with E-state index >= 15 is 0 Å². The molecule has 0 saturated carbocycles. The number of hydrazone groups is 1. The molecule has 38 heavy (non-hydrogen) atoms. The number of benzene rings is 3. The second-order valence-corrected chi connectivity index (χ2v) is 10.0. The van der Waals surface area contributed by atoms with Gasteiger partial charge in [0.25, 0.3) is 15.9 Å². The number of hydrogen-bond donors (Lipinski definition) is 1. The minimum Gasteiger partial charge on any atom is -0.497 e. The van der Waals surface area contributed by atoms with Crippen LogP contribution in [0.25, 0.3) is 0 Å². The van der Waals surface area contributed by atoms with E-state index in [2.05, 4.69) is 10.5 Å². The number of rotatable bonds is 11. The lowest BCUT2D eigenvalue weighted by atomic mass is 10.1. The summed E-state index contributed by atoms with van der Waals surface area (Å²) in [6.45, 7) is 3.12. The summed E-state index contributed by atoms with van der Waals surface area (Å²) in [4.78, 5) is 12.9. The van der Waals surface area contributed by atoms with Crippen molar-refractivity contribution in [2.45, 2.75) is 18.7 Å². The van der Waals surface area contributed by atoms with E-state index in [1.165, 1.54) is 52.7 Å². The molecule has 11 heteroatoms. The molecule has 0 aliphatic carbocycles. The number of nitrogens with zero attached hydrogens (tertiary/aromatic N) is 2. The molecule has 0 spiro atoms. The first-order valence-electron chi connectivity index (χ1n) is 11.5. The van der Waals surface area contributed by atoms with Crippen molar-refractivity contribution in [2.75, 3.05) is 39.3 Å². The summed E-state index contributed by atoms with van der Waals surface area (Å²) < 4.78 is 50.0. The molecule has 202 valence electrons. The first-order valence-corrected chi connectivity index (χ1v) is 13.0. The summed E-state index contributed by atoms with van der Waals surface area (Å²) in [5, 5.41) is 4.16. The predicted octanol–water partition coefficient (Wildman–Crippen LogP) is 3.77. The van der Waals surface area contributed by atoms with Gasteiger partial charge in [0.15, 0.2) is 11.5 Å². The van der Waals surface area contributed by atoms with E-state index in [1.54, 1.807) is 19.1 Å². The number of anilines is 1. The molecular formula is C27H31N3O7S. The largest absolute Gasteiger partial charge is 0.497 e. The Morgan fingerprint density at radius 2 is 1.47 bits per heavy atom. The van der Waals surface area contributed by atoms with Crippen molar-refractivity contribution in [2.24, 2.45) is 5.10 Å². The highest BCUT2D eigenvalue weighted by Crippen LogP contribution is 2.37. The minimum absolute atomic E-state index is 0.107. The normalized spacial score (nSPS) is 11.5. The third-order valence-corrected chi connectivity index (χ3v) is 7.46. The van der Waals surface area contributed by atoms with E-state index in [0.29, 0.717) is 17.2 Å². The fraction of sp³-hybridized carbons (Fsp3) is 0.259. The highest BCUT2D eigenvalue weighted by Gasteiger charge is 2.31. The van der Waals surface area contributed by atoms with E-state index in [0.717, 1.165) is 15.4 Å². The molecule has 1 amide bonds. The maximum atomic E-state index is 13.9. The molecular weight excluding hydrogens is 510 g/mol. The number of carbonyl (C=O) groups excluding carboxylic acids is 1. The van der Waals surface area contributed by atoms with E-state index < -0.39 is 22.5 Å². The number of methoxy groups -OCH3 is 4. The van der Waals surface area contributed by atoms with Crippen molar-refractivity contribution in [3.05, 3.63) is 71.8 Å². The Kier molecular flexibility index (Phi) is 9.19. The SMILES string of the molecule is COc1ccc(OC)c(N(CC(=O)N/N=C(/C)c2ccc(C)cc2)S(=O)(=O)c2ccc(OC)c(OC)c2)c1. The van der Waals surface area contributed by atoms with Gasteiger partial charge >= 0.3 is 0 Å². The van der Waals surface area contributed by atoms with Crippen molar-refractivity contribution >= 4 is 27.3 Å². The van der Waals surface area contributed by atoms with Crippen LogP contribution in [0.3, 0.4) is 0 Å². The summed E-state index contributed by atoms with van der Waals surface area (Å²) >= 11 is 0. The smallest absolute Gasteiger partial charge is 0.265 e. The molecule has 10 nitrogen and oxygen atoms in total. The Bertz CT molecular complexity index is 1420. The van der Waals surface area contributed by atoms with Crippen LogP contribution >= 0.6 is 0 Å². The van der Waals surface area contributed by atoms with Crippen molar-refractivity contribution in [1.82, 2.24) is 5.43 Å². The molecule has 0 fully saturated rings. The lowest BCUT2D eigenvalue weighted by Crippen LogP contribution is -2.40. The van der Waals surface area contributed by atoms with Crippen LogP contribution in [0.1, 0.15) is 18.1 Å². The fourth-order valence-corrected chi connectivity index (χ4v) is 5.01. The average molecular weight is 542 g/mol. The highest BCUT2D eigenvalue weighted by atomic mass is 32.2. The van der Waals surface area contributed by atoms with Gasteiger partial charge in [0.2, 0.25) is 0 Å². The van der Waals surface area contributed by atoms with Crippen LogP contribution in [0.5, 0.6) is 23.0 Å². The molecule has 0 heterocycles. The van der Waals surface area contributed by atoms with Crippen LogP contribution in [-0.4, -0.2) is 55.0 Å². The molecule has 0 atom stereocenters. The summed E-state index contributed by atoms with van der Waals surface area (Å²) in [7, 11) is 1.40. The molecule has 0 saturated heterocycles. The van der Waals surface area contributed by atoms with Crippen LogP contribution in [0, 0.1) is 6.92 Å². The van der Waals surface area contributed by atoms with Gasteiger partial charge in [-0.15, -0.1) is 0 Å². The molecule has 0 aliphatic heterocycles. The molecule has 3 aromatic carbocycles. The van der Waals surface area contributed by atoms with Gasteiger partial charge in [-0.2, -0.15) is 5.10 Å². The van der Waals surface area contributed by atoms with E-state index in [9.17, 15) is 13.2 Å². The number of ether oxygens (including phenoxy) is 4. The Labute approximate surface area is 222 Å². The Morgan fingerprint density at radius 1 is 0.842 bits per heavy atom. The molecule has 0 aromatic heterocycles. The third kappa shape index (κ3) is 6.35. The maximum Gasteiger partial charge on any atom is 0.265 e. The lowest BCUT2D eigenvalue weighted by molar-refractivity contribution is -0.119. The molecule has 0 bridgehead atoms. The lowest BCUT2D eigenvalue weighted by Gasteiger charge is -2.26. The van der Waals surface area contributed by atoms with Crippen molar-refractivity contribution in [3.8, 4) is 23.0 Å². The van der Waals surface area contributed by atoms with Gasteiger partial charge < -0.3 is 18.9 Å². The summed E-state index contributed by atoms with van der Waals surface area (Å²) in [5.41, 5.74) is 5.03. The first kappa shape index (κ1) is 28.3. The average Bonchev–Trinajstić information content (AvgIpc) is 2.94. The summed E-state index contributed by atoms with van der Waals surface area (Å²) in [6, 6.07) is 16.5. The van der Waals surface area contributed by atoms with Crippen molar-refractivity contribution in [1.29, 1.82) is 0 Å². The van der Waals surface area contributed by atoms with Crippen LogP contribution in [0.15, 0.2) is 70.7 Å². The quantitative estimate of drug-likeness (QED) is 0.290. The Hall–Kier alpha value is -4.25. The minimum atomic E-state index is -4.31. The molecule has 3 rings (SSSR count).